The lowest BCUT2D eigenvalue weighted by Gasteiger charge is -2.29. The van der Waals surface area contributed by atoms with Crippen molar-refractivity contribution in [2.75, 3.05) is 27.2 Å². The Balaban J connectivity index is 1.29. The summed E-state index contributed by atoms with van der Waals surface area (Å²) in [6, 6.07) is 1.96. The van der Waals surface area contributed by atoms with E-state index in [4.69, 9.17) is 4.74 Å². The summed E-state index contributed by atoms with van der Waals surface area (Å²) in [5, 5.41) is 0. The highest BCUT2D eigenvalue weighted by Gasteiger charge is 2.53. The zero-order chi connectivity index (χ0) is 20.1. The number of carbonyl (C=O) groups is 2. The zero-order valence-corrected chi connectivity index (χ0v) is 18.1. The summed E-state index contributed by atoms with van der Waals surface area (Å²) < 4.78 is 6.25. The maximum atomic E-state index is 12.9. The van der Waals surface area contributed by atoms with Crippen LogP contribution >= 0.6 is 0 Å². The minimum Gasteiger partial charge on any atom is -0.376 e. The molecule has 0 N–H and O–H groups in total. The van der Waals surface area contributed by atoms with Gasteiger partial charge in [-0.3, -0.25) is 14.5 Å². The van der Waals surface area contributed by atoms with E-state index in [0.29, 0.717) is 48.8 Å². The molecule has 0 spiro atoms. The van der Waals surface area contributed by atoms with Crippen LogP contribution in [0.25, 0.3) is 0 Å². The van der Waals surface area contributed by atoms with E-state index in [2.05, 4.69) is 4.90 Å². The standard InChI is InChI=1S/C23H37N3O3/c1-24(16-7-8-16)21(27)11-15-13-26(18-5-3-4-6-18)19-14-29-20(23(15)19)12-22(28)25(2)17-9-10-17/h15-20,23H,3-14H2,1-2H3/t15-,19-,20+,23-/m1/s1. The molecular weight excluding hydrogens is 366 g/mol. The summed E-state index contributed by atoms with van der Waals surface area (Å²) in [5.41, 5.74) is 0. The highest BCUT2D eigenvalue weighted by atomic mass is 16.5. The largest absolute Gasteiger partial charge is 0.376 e. The first kappa shape index (κ1) is 19.8. The lowest BCUT2D eigenvalue weighted by atomic mass is 9.84. The van der Waals surface area contributed by atoms with Gasteiger partial charge in [-0.25, -0.2) is 0 Å². The Hall–Kier alpha value is -1.14. The molecule has 5 aliphatic rings. The molecule has 29 heavy (non-hydrogen) atoms. The normalized spacial score (nSPS) is 35.1. The van der Waals surface area contributed by atoms with Crippen LogP contribution in [0.15, 0.2) is 0 Å². The number of nitrogens with zero attached hydrogens (tertiary/aromatic N) is 3. The number of likely N-dealkylation sites (tertiary alicyclic amines) is 1. The van der Waals surface area contributed by atoms with Gasteiger partial charge in [-0.1, -0.05) is 12.8 Å². The quantitative estimate of drug-likeness (QED) is 0.654. The van der Waals surface area contributed by atoms with Gasteiger partial charge in [0.1, 0.15) is 0 Å². The number of ether oxygens (including phenoxy) is 1. The Kier molecular flexibility index (Phi) is 5.35. The third-order valence-electron chi connectivity index (χ3n) is 8.35. The second kappa shape index (κ2) is 7.84. The van der Waals surface area contributed by atoms with Crippen LogP contribution in [0.4, 0.5) is 0 Å². The van der Waals surface area contributed by atoms with Gasteiger partial charge in [0.05, 0.1) is 19.1 Å². The minimum atomic E-state index is -0.0239. The molecule has 162 valence electrons. The fraction of sp³-hybridized carbons (Fsp3) is 0.913. The van der Waals surface area contributed by atoms with Gasteiger partial charge in [-0.2, -0.15) is 0 Å². The Morgan fingerprint density at radius 2 is 1.48 bits per heavy atom. The van der Waals surface area contributed by atoms with E-state index >= 15 is 0 Å². The predicted molar refractivity (Wildman–Crippen MR) is 110 cm³/mol. The summed E-state index contributed by atoms with van der Waals surface area (Å²) in [5.74, 6) is 1.15. The molecule has 0 aromatic heterocycles. The van der Waals surface area contributed by atoms with Crippen molar-refractivity contribution in [3.63, 3.8) is 0 Å². The van der Waals surface area contributed by atoms with Crippen LogP contribution in [0.3, 0.4) is 0 Å². The van der Waals surface area contributed by atoms with E-state index in [9.17, 15) is 9.59 Å². The minimum absolute atomic E-state index is 0.0239. The van der Waals surface area contributed by atoms with E-state index in [0.717, 1.165) is 38.8 Å². The van der Waals surface area contributed by atoms with E-state index in [1.54, 1.807) is 0 Å². The van der Waals surface area contributed by atoms with Crippen molar-refractivity contribution >= 4 is 11.8 Å². The van der Waals surface area contributed by atoms with Gasteiger partial charge in [-0.05, 0) is 44.4 Å². The lowest BCUT2D eigenvalue weighted by molar-refractivity contribution is -0.133. The molecule has 0 aromatic rings. The molecule has 5 rings (SSSR count). The molecule has 0 aromatic carbocycles. The second-order valence-electron chi connectivity index (χ2n) is 10.3. The molecule has 6 heteroatoms. The van der Waals surface area contributed by atoms with Gasteiger partial charge in [0.15, 0.2) is 0 Å². The summed E-state index contributed by atoms with van der Waals surface area (Å²) in [7, 11) is 3.91. The van der Waals surface area contributed by atoms with Gasteiger partial charge < -0.3 is 14.5 Å². The van der Waals surface area contributed by atoms with E-state index in [1.165, 1.54) is 25.7 Å². The highest BCUT2D eigenvalue weighted by Crippen LogP contribution is 2.45. The van der Waals surface area contributed by atoms with Crippen LogP contribution in [-0.2, 0) is 14.3 Å². The molecule has 2 aliphatic heterocycles. The van der Waals surface area contributed by atoms with Crippen LogP contribution in [0.1, 0.15) is 64.2 Å². The fourth-order valence-corrected chi connectivity index (χ4v) is 6.22. The van der Waals surface area contributed by atoms with Crippen molar-refractivity contribution in [3.8, 4) is 0 Å². The van der Waals surface area contributed by atoms with E-state index < -0.39 is 0 Å². The molecule has 6 nitrogen and oxygen atoms in total. The maximum absolute atomic E-state index is 12.9. The van der Waals surface area contributed by atoms with E-state index in [-0.39, 0.29) is 17.9 Å². The van der Waals surface area contributed by atoms with E-state index in [1.807, 2.05) is 23.9 Å². The summed E-state index contributed by atoms with van der Waals surface area (Å²) in [6.07, 6.45) is 10.9. The first-order valence-electron chi connectivity index (χ1n) is 11.9. The molecular formula is C23H37N3O3. The Labute approximate surface area is 174 Å². The third kappa shape index (κ3) is 3.95. The molecule has 5 fully saturated rings. The molecule has 3 aliphatic carbocycles. The van der Waals surface area contributed by atoms with Crippen LogP contribution in [0.5, 0.6) is 0 Å². The van der Waals surface area contributed by atoms with Crippen molar-refractivity contribution in [2.45, 2.75) is 94.5 Å². The number of hydrogen-bond acceptors (Lipinski definition) is 4. The van der Waals surface area contributed by atoms with Crippen molar-refractivity contribution in [3.05, 3.63) is 0 Å². The first-order chi connectivity index (χ1) is 14.0. The number of hydrogen-bond donors (Lipinski definition) is 0. The summed E-state index contributed by atoms with van der Waals surface area (Å²) in [6.45, 7) is 1.74. The number of fused-ring (bicyclic) bond motifs is 1. The molecule has 2 heterocycles. The SMILES string of the molecule is CN(C(=O)C[C@@H]1CN(C2CCCC2)[C@@H]2CO[C@@H](CC(=O)N(C)C3CC3)[C@H]12)C1CC1. The number of rotatable bonds is 7. The number of amides is 2. The van der Waals surface area contributed by atoms with Gasteiger partial charge in [-0.15, -0.1) is 0 Å². The average Bonchev–Trinajstić information content (AvgIpc) is 3.61. The predicted octanol–water partition coefficient (Wildman–Crippen LogP) is 2.27. The molecule has 2 amide bonds. The van der Waals surface area contributed by atoms with Crippen LogP contribution in [0, 0.1) is 11.8 Å². The second-order valence-corrected chi connectivity index (χ2v) is 10.3. The molecule has 3 saturated carbocycles. The van der Waals surface area contributed by atoms with Crippen LogP contribution < -0.4 is 0 Å². The molecule has 0 bridgehead atoms. The van der Waals surface area contributed by atoms with Crippen molar-refractivity contribution in [2.24, 2.45) is 11.8 Å². The first-order valence-corrected chi connectivity index (χ1v) is 11.9. The van der Waals surface area contributed by atoms with Gasteiger partial charge >= 0.3 is 0 Å². The zero-order valence-electron chi connectivity index (χ0n) is 18.1. The summed E-state index contributed by atoms with van der Waals surface area (Å²) >= 11 is 0. The van der Waals surface area contributed by atoms with Gasteiger partial charge in [0.25, 0.3) is 0 Å². The van der Waals surface area contributed by atoms with Crippen LogP contribution in [0.2, 0.25) is 0 Å². The van der Waals surface area contributed by atoms with Crippen molar-refractivity contribution < 1.29 is 14.3 Å². The average molecular weight is 404 g/mol. The van der Waals surface area contributed by atoms with Gasteiger partial charge in [0.2, 0.25) is 11.8 Å². The monoisotopic (exact) mass is 403 g/mol. The Morgan fingerprint density at radius 3 is 2.07 bits per heavy atom. The lowest BCUT2D eigenvalue weighted by Crippen LogP contribution is -2.40. The fourth-order valence-electron chi connectivity index (χ4n) is 6.22. The highest BCUT2D eigenvalue weighted by molar-refractivity contribution is 5.78. The summed E-state index contributed by atoms with van der Waals surface area (Å²) in [4.78, 5) is 32.3. The van der Waals surface area contributed by atoms with Crippen molar-refractivity contribution in [1.82, 2.24) is 14.7 Å². The molecule has 0 unspecified atom stereocenters. The van der Waals surface area contributed by atoms with Gasteiger partial charge in [0, 0.05) is 57.1 Å². The maximum Gasteiger partial charge on any atom is 0.225 e. The Morgan fingerprint density at radius 1 is 0.897 bits per heavy atom. The molecule has 0 radical (unpaired) electrons. The number of carbonyl (C=O) groups excluding carboxylic acids is 2. The third-order valence-corrected chi connectivity index (χ3v) is 8.35. The topological polar surface area (TPSA) is 53.1 Å². The van der Waals surface area contributed by atoms with Crippen LogP contribution in [-0.4, -0.2) is 84.0 Å². The van der Waals surface area contributed by atoms with Crippen molar-refractivity contribution in [1.29, 1.82) is 0 Å². The Bertz CT molecular complexity index is 641. The molecule has 4 atom stereocenters. The molecule has 2 saturated heterocycles. The smallest absolute Gasteiger partial charge is 0.225 e.